The number of phenolic OH excluding ortho intramolecular Hbond substituents is 1. The number of phenols is 1. The van der Waals surface area contributed by atoms with Crippen molar-refractivity contribution < 1.29 is 9.84 Å². The van der Waals surface area contributed by atoms with Gasteiger partial charge in [-0.15, -0.1) is 0 Å². The van der Waals surface area contributed by atoms with Crippen LogP contribution < -0.4 is 10.1 Å². The van der Waals surface area contributed by atoms with E-state index in [1.54, 1.807) is 18.2 Å². The molecule has 0 aromatic heterocycles. The van der Waals surface area contributed by atoms with Crippen LogP contribution in [0.2, 0.25) is 0 Å². The lowest BCUT2D eigenvalue weighted by molar-refractivity contribution is 0.211. The molecule has 0 spiro atoms. The van der Waals surface area contributed by atoms with Gasteiger partial charge in [0.2, 0.25) is 0 Å². The number of benzene rings is 1. The first-order valence-electron chi connectivity index (χ1n) is 4.50. The number of hydrogen-bond donors (Lipinski definition) is 2. The second-order valence-corrected chi connectivity index (χ2v) is 3.22. The van der Waals surface area contributed by atoms with Gasteiger partial charge in [-0.1, -0.05) is 12.1 Å². The number of rotatable bonds is 3. The first-order chi connectivity index (χ1) is 6.36. The molecule has 1 aliphatic rings. The molecule has 0 amide bonds. The Morgan fingerprint density at radius 1 is 1.46 bits per heavy atom. The molecule has 3 heteroatoms. The molecule has 3 nitrogen and oxygen atoms in total. The van der Waals surface area contributed by atoms with Gasteiger partial charge in [0.05, 0.1) is 0 Å². The molecule has 1 aromatic carbocycles. The summed E-state index contributed by atoms with van der Waals surface area (Å²) in [4.78, 5) is 0. The molecule has 13 heavy (non-hydrogen) atoms. The van der Waals surface area contributed by atoms with Crippen molar-refractivity contribution in [2.24, 2.45) is 0 Å². The number of para-hydroxylation sites is 2. The van der Waals surface area contributed by atoms with Crippen LogP contribution in [0.5, 0.6) is 11.5 Å². The van der Waals surface area contributed by atoms with E-state index in [0.717, 1.165) is 13.0 Å². The maximum Gasteiger partial charge on any atom is 0.160 e. The summed E-state index contributed by atoms with van der Waals surface area (Å²) in [5.74, 6) is 0.776. The van der Waals surface area contributed by atoms with Gasteiger partial charge in [0.1, 0.15) is 6.61 Å². The van der Waals surface area contributed by atoms with Crippen molar-refractivity contribution >= 4 is 0 Å². The molecule has 1 fully saturated rings. The van der Waals surface area contributed by atoms with Gasteiger partial charge in [-0.3, -0.25) is 0 Å². The highest BCUT2D eigenvalue weighted by Gasteiger charge is 2.16. The van der Waals surface area contributed by atoms with Crippen molar-refractivity contribution in [2.75, 3.05) is 13.2 Å². The summed E-state index contributed by atoms with van der Waals surface area (Å²) < 4.78 is 5.43. The van der Waals surface area contributed by atoms with Gasteiger partial charge in [0, 0.05) is 6.04 Å². The quantitative estimate of drug-likeness (QED) is 0.731. The van der Waals surface area contributed by atoms with Crippen molar-refractivity contribution in [3.63, 3.8) is 0 Å². The molecular formula is C10H13NO2. The van der Waals surface area contributed by atoms with E-state index in [0.29, 0.717) is 18.4 Å². The van der Waals surface area contributed by atoms with E-state index in [2.05, 4.69) is 5.32 Å². The summed E-state index contributed by atoms with van der Waals surface area (Å²) in [5.41, 5.74) is 0. The van der Waals surface area contributed by atoms with Crippen LogP contribution in [0.3, 0.4) is 0 Å². The number of nitrogens with one attached hydrogen (secondary N) is 1. The number of hydrogen-bond acceptors (Lipinski definition) is 3. The third kappa shape index (κ3) is 1.92. The summed E-state index contributed by atoms with van der Waals surface area (Å²) in [6, 6.07) is 7.49. The van der Waals surface area contributed by atoms with E-state index in [9.17, 15) is 5.11 Å². The van der Waals surface area contributed by atoms with Crippen LogP contribution in [0.1, 0.15) is 6.42 Å². The Kier molecular flexibility index (Phi) is 2.36. The normalized spacial score (nSPS) is 20.8. The highest BCUT2D eigenvalue weighted by atomic mass is 16.5. The standard InChI is InChI=1S/C10H13NO2/c12-9-3-1-2-4-10(9)13-7-8-5-6-11-8/h1-4,8,11-12H,5-7H2. The summed E-state index contributed by atoms with van der Waals surface area (Å²) >= 11 is 0. The molecule has 70 valence electrons. The maximum absolute atomic E-state index is 9.37. The Labute approximate surface area is 77.3 Å². The molecule has 0 radical (unpaired) electrons. The average Bonchev–Trinajstić information content (AvgIpc) is 2.05. The van der Waals surface area contributed by atoms with Crippen LogP contribution in [0, 0.1) is 0 Å². The number of ether oxygens (including phenoxy) is 1. The fraction of sp³-hybridized carbons (Fsp3) is 0.400. The first kappa shape index (κ1) is 8.38. The minimum Gasteiger partial charge on any atom is -0.504 e. The third-order valence-electron chi connectivity index (χ3n) is 2.23. The molecule has 0 aliphatic carbocycles. The highest BCUT2D eigenvalue weighted by Crippen LogP contribution is 2.24. The molecule has 1 atom stereocenters. The zero-order valence-corrected chi connectivity index (χ0v) is 7.36. The van der Waals surface area contributed by atoms with Gasteiger partial charge in [-0.2, -0.15) is 0 Å². The van der Waals surface area contributed by atoms with Crippen LogP contribution in [-0.2, 0) is 0 Å². The molecule has 2 N–H and O–H groups in total. The van der Waals surface area contributed by atoms with E-state index in [-0.39, 0.29) is 5.75 Å². The van der Waals surface area contributed by atoms with Gasteiger partial charge in [0.15, 0.2) is 11.5 Å². The average molecular weight is 179 g/mol. The molecule has 1 saturated heterocycles. The predicted molar refractivity (Wildman–Crippen MR) is 50.0 cm³/mol. The largest absolute Gasteiger partial charge is 0.504 e. The van der Waals surface area contributed by atoms with Crippen molar-refractivity contribution in [3.05, 3.63) is 24.3 Å². The van der Waals surface area contributed by atoms with Gasteiger partial charge in [0.25, 0.3) is 0 Å². The Hall–Kier alpha value is -1.22. The van der Waals surface area contributed by atoms with Crippen molar-refractivity contribution in [3.8, 4) is 11.5 Å². The maximum atomic E-state index is 9.37. The first-order valence-corrected chi connectivity index (χ1v) is 4.50. The summed E-state index contributed by atoms with van der Waals surface area (Å²) in [6.45, 7) is 1.71. The van der Waals surface area contributed by atoms with E-state index in [4.69, 9.17) is 4.74 Å². The zero-order valence-electron chi connectivity index (χ0n) is 7.36. The summed E-state index contributed by atoms with van der Waals surface area (Å²) in [5, 5.41) is 12.6. The van der Waals surface area contributed by atoms with Gasteiger partial charge >= 0.3 is 0 Å². The molecule has 0 saturated carbocycles. The van der Waals surface area contributed by atoms with Crippen molar-refractivity contribution in [2.45, 2.75) is 12.5 Å². The van der Waals surface area contributed by atoms with Gasteiger partial charge in [-0.05, 0) is 25.1 Å². The monoisotopic (exact) mass is 179 g/mol. The summed E-state index contributed by atoms with van der Waals surface area (Å²) in [6.07, 6.45) is 1.16. The molecule has 0 bridgehead atoms. The number of aromatic hydroxyl groups is 1. The lowest BCUT2D eigenvalue weighted by Crippen LogP contribution is -2.46. The van der Waals surface area contributed by atoms with Crippen LogP contribution in [0.4, 0.5) is 0 Å². The molecule has 1 aromatic rings. The Bertz CT molecular complexity index is 284. The Balaban J connectivity index is 1.89. The summed E-state index contributed by atoms with van der Waals surface area (Å²) in [7, 11) is 0. The van der Waals surface area contributed by atoms with Crippen LogP contribution in [0.15, 0.2) is 24.3 Å². The molecule has 1 heterocycles. The molecule has 1 aliphatic heterocycles. The van der Waals surface area contributed by atoms with E-state index < -0.39 is 0 Å². The van der Waals surface area contributed by atoms with Crippen LogP contribution in [0.25, 0.3) is 0 Å². The van der Waals surface area contributed by atoms with Crippen molar-refractivity contribution in [1.29, 1.82) is 0 Å². The lowest BCUT2D eigenvalue weighted by atomic mass is 10.1. The smallest absolute Gasteiger partial charge is 0.160 e. The topological polar surface area (TPSA) is 41.5 Å². The second-order valence-electron chi connectivity index (χ2n) is 3.22. The highest BCUT2D eigenvalue weighted by molar-refractivity contribution is 5.37. The van der Waals surface area contributed by atoms with Gasteiger partial charge < -0.3 is 15.2 Å². The van der Waals surface area contributed by atoms with E-state index >= 15 is 0 Å². The predicted octanol–water partition coefficient (Wildman–Crippen LogP) is 1.13. The zero-order chi connectivity index (χ0) is 9.10. The second kappa shape index (κ2) is 3.66. The van der Waals surface area contributed by atoms with Crippen molar-refractivity contribution in [1.82, 2.24) is 5.32 Å². The minimum atomic E-state index is 0.210. The van der Waals surface area contributed by atoms with E-state index in [1.807, 2.05) is 6.07 Å². The fourth-order valence-electron chi connectivity index (χ4n) is 1.26. The molecule has 2 rings (SSSR count). The van der Waals surface area contributed by atoms with Crippen LogP contribution >= 0.6 is 0 Å². The minimum absolute atomic E-state index is 0.210. The lowest BCUT2D eigenvalue weighted by Gasteiger charge is -2.27. The van der Waals surface area contributed by atoms with Gasteiger partial charge in [-0.25, -0.2) is 0 Å². The third-order valence-corrected chi connectivity index (χ3v) is 2.23. The SMILES string of the molecule is Oc1ccccc1OCC1CCN1. The Morgan fingerprint density at radius 3 is 2.85 bits per heavy atom. The van der Waals surface area contributed by atoms with E-state index in [1.165, 1.54) is 0 Å². The molecule has 1 unspecified atom stereocenters. The van der Waals surface area contributed by atoms with Crippen LogP contribution in [-0.4, -0.2) is 24.3 Å². The fourth-order valence-corrected chi connectivity index (χ4v) is 1.26. The molecular weight excluding hydrogens is 166 g/mol. The Morgan fingerprint density at radius 2 is 2.23 bits per heavy atom.